The summed E-state index contributed by atoms with van der Waals surface area (Å²) in [6, 6.07) is 16.4. The lowest BCUT2D eigenvalue weighted by Gasteiger charge is -2.05. The number of hydrogen-bond donors (Lipinski definition) is 1. The number of anilines is 1. The summed E-state index contributed by atoms with van der Waals surface area (Å²) in [5.41, 5.74) is 2.09. The number of nitrogens with one attached hydrogen (secondary N) is 1. The number of amides is 1. The van der Waals surface area contributed by atoms with Gasteiger partial charge in [0.2, 0.25) is 0 Å². The second-order valence-corrected chi connectivity index (χ2v) is 5.15. The first-order valence-corrected chi connectivity index (χ1v) is 7.56. The number of carbonyl (C=O) groups excluding carboxylic acids is 2. The lowest BCUT2D eigenvalue weighted by atomic mass is 10.3. The largest absolute Gasteiger partial charge is 0.456 e. The van der Waals surface area contributed by atoms with Crippen molar-refractivity contribution < 1.29 is 18.7 Å². The fourth-order valence-corrected chi connectivity index (χ4v) is 2.17. The molecule has 122 valence electrons. The first-order valence-electron chi connectivity index (χ1n) is 7.56. The minimum Gasteiger partial charge on any atom is -0.456 e. The van der Waals surface area contributed by atoms with Gasteiger partial charge >= 0.3 is 5.97 Å². The van der Waals surface area contributed by atoms with Crippen LogP contribution in [0.3, 0.4) is 0 Å². The van der Waals surface area contributed by atoms with Crippen molar-refractivity contribution in [3.05, 3.63) is 60.5 Å². The Labute approximate surface area is 138 Å². The Balaban J connectivity index is 1.43. The average molecular weight is 324 g/mol. The second-order valence-electron chi connectivity index (χ2n) is 5.15. The number of carbonyl (C=O) groups is 2. The minimum absolute atomic E-state index is 0.103. The van der Waals surface area contributed by atoms with E-state index in [9.17, 15) is 9.59 Å². The SMILES string of the molecule is O=C(COC(=O)CCc1nc2ccccc2o1)Nc1ccccc1. The van der Waals surface area contributed by atoms with Crippen LogP contribution in [-0.4, -0.2) is 23.5 Å². The Bertz CT molecular complexity index is 809. The lowest BCUT2D eigenvalue weighted by Crippen LogP contribution is -2.21. The first-order chi connectivity index (χ1) is 11.7. The number of hydrogen-bond acceptors (Lipinski definition) is 5. The van der Waals surface area contributed by atoms with E-state index in [4.69, 9.17) is 9.15 Å². The van der Waals surface area contributed by atoms with E-state index in [0.717, 1.165) is 5.52 Å². The highest BCUT2D eigenvalue weighted by Gasteiger charge is 2.11. The van der Waals surface area contributed by atoms with Crippen LogP contribution in [0.15, 0.2) is 59.0 Å². The molecule has 0 aliphatic heterocycles. The third-order valence-electron chi connectivity index (χ3n) is 3.30. The fourth-order valence-electron chi connectivity index (χ4n) is 2.17. The number of esters is 1. The molecule has 6 heteroatoms. The Kier molecular flexibility index (Phi) is 4.86. The molecule has 1 heterocycles. The van der Waals surface area contributed by atoms with E-state index in [0.29, 0.717) is 23.6 Å². The van der Waals surface area contributed by atoms with Crippen LogP contribution < -0.4 is 5.32 Å². The normalized spacial score (nSPS) is 10.5. The monoisotopic (exact) mass is 324 g/mol. The van der Waals surface area contributed by atoms with Gasteiger partial charge in [-0.05, 0) is 24.3 Å². The van der Waals surface area contributed by atoms with Crippen molar-refractivity contribution in [2.45, 2.75) is 12.8 Å². The average Bonchev–Trinajstić information content (AvgIpc) is 3.02. The van der Waals surface area contributed by atoms with Gasteiger partial charge in [0.05, 0.1) is 6.42 Å². The van der Waals surface area contributed by atoms with Crippen LogP contribution >= 0.6 is 0 Å². The topological polar surface area (TPSA) is 81.4 Å². The zero-order chi connectivity index (χ0) is 16.8. The highest BCUT2D eigenvalue weighted by atomic mass is 16.5. The van der Waals surface area contributed by atoms with Crippen LogP contribution in [0.2, 0.25) is 0 Å². The van der Waals surface area contributed by atoms with E-state index in [1.165, 1.54) is 0 Å². The molecule has 0 bridgehead atoms. The predicted molar refractivity (Wildman–Crippen MR) is 88.4 cm³/mol. The van der Waals surface area contributed by atoms with Crippen LogP contribution in [0.5, 0.6) is 0 Å². The van der Waals surface area contributed by atoms with Gasteiger partial charge < -0.3 is 14.5 Å². The van der Waals surface area contributed by atoms with E-state index in [1.807, 2.05) is 42.5 Å². The number of nitrogens with zero attached hydrogens (tertiary/aromatic N) is 1. The van der Waals surface area contributed by atoms with Crippen LogP contribution in [0.1, 0.15) is 12.3 Å². The third kappa shape index (κ3) is 4.19. The van der Waals surface area contributed by atoms with Crippen molar-refractivity contribution in [2.75, 3.05) is 11.9 Å². The van der Waals surface area contributed by atoms with Gasteiger partial charge in [0.25, 0.3) is 5.91 Å². The van der Waals surface area contributed by atoms with E-state index < -0.39 is 5.97 Å². The standard InChI is InChI=1S/C18H16N2O4/c21-16(19-13-6-2-1-3-7-13)12-23-18(22)11-10-17-20-14-8-4-5-9-15(14)24-17/h1-9H,10-12H2,(H,19,21). The van der Waals surface area contributed by atoms with Crippen molar-refractivity contribution in [2.24, 2.45) is 0 Å². The molecule has 1 amide bonds. The molecule has 0 radical (unpaired) electrons. The number of benzene rings is 2. The quantitative estimate of drug-likeness (QED) is 0.705. The molecule has 0 aliphatic rings. The molecule has 0 fully saturated rings. The number of fused-ring (bicyclic) bond motifs is 1. The maximum atomic E-state index is 11.7. The van der Waals surface area contributed by atoms with Crippen LogP contribution in [0.4, 0.5) is 5.69 Å². The van der Waals surface area contributed by atoms with Crippen LogP contribution in [0, 0.1) is 0 Å². The van der Waals surface area contributed by atoms with Gasteiger partial charge in [-0.3, -0.25) is 9.59 Å². The van der Waals surface area contributed by atoms with E-state index in [-0.39, 0.29) is 18.9 Å². The molecule has 0 saturated heterocycles. The third-order valence-corrected chi connectivity index (χ3v) is 3.30. The molecule has 3 aromatic rings. The lowest BCUT2D eigenvalue weighted by molar-refractivity contribution is -0.147. The molecule has 6 nitrogen and oxygen atoms in total. The summed E-state index contributed by atoms with van der Waals surface area (Å²) in [6.45, 7) is -0.318. The van der Waals surface area contributed by atoms with Crippen molar-refractivity contribution in [1.82, 2.24) is 4.98 Å². The number of oxazole rings is 1. The summed E-state index contributed by atoms with van der Waals surface area (Å²) < 4.78 is 10.5. The maximum absolute atomic E-state index is 11.7. The highest BCUT2D eigenvalue weighted by molar-refractivity contribution is 5.92. The van der Waals surface area contributed by atoms with Crippen LogP contribution in [0.25, 0.3) is 11.1 Å². The molecule has 0 unspecified atom stereocenters. The summed E-state index contributed by atoms with van der Waals surface area (Å²) >= 11 is 0. The van der Waals surface area contributed by atoms with E-state index in [2.05, 4.69) is 10.3 Å². The first kappa shape index (κ1) is 15.7. The molecule has 0 saturated carbocycles. The number of aryl methyl sites for hydroxylation is 1. The van der Waals surface area contributed by atoms with Gasteiger partial charge in [0.15, 0.2) is 18.1 Å². The molecule has 0 spiro atoms. The Hall–Kier alpha value is -3.15. The summed E-state index contributed by atoms with van der Waals surface area (Å²) in [5, 5.41) is 2.64. The maximum Gasteiger partial charge on any atom is 0.306 e. The second kappa shape index (κ2) is 7.41. The molecule has 1 N–H and O–H groups in total. The van der Waals surface area contributed by atoms with Gasteiger partial charge in [0.1, 0.15) is 5.52 Å². The summed E-state index contributed by atoms with van der Waals surface area (Å²) in [7, 11) is 0. The fraction of sp³-hybridized carbons (Fsp3) is 0.167. The summed E-state index contributed by atoms with van der Waals surface area (Å²) in [4.78, 5) is 27.7. The van der Waals surface area contributed by atoms with Crippen molar-refractivity contribution in [3.63, 3.8) is 0 Å². The zero-order valence-corrected chi connectivity index (χ0v) is 12.9. The number of rotatable bonds is 6. The van der Waals surface area contributed by atoms with Crippen molar-refractivity contribution in [1.29, 1.82) is 0 Å². The predicted octanol–water partition coefficient (Wildman–Crippen LogP) is 2.94. The molecule has 3 rings (SSSR count). The minimum atomic E-state index is -0.472. The zero-order valence-electron chi connectivity index (χ0n) is 12.9. The van der Waals surface area contributed by atoms with Gasteiger partial charge in [-0.1, -0.05) is 30.3 Å². The molecule has 2 aromatic carbocycles. The Morgan fingerprint density at radius 2 is 1.79 bits per heavy atom. The highest BCUT2D eigenvalue weighted by Crippen LogP contribution is 2.15. The summed E-state index contributed by atoms with van der Waals surface area (Å²) in [5.74, 6) is -0.376. The van der Waals surface area contributed by atoms with E-state index >= 15 is 0 Å². The molecular formula is C18H16N2O4. The number of aromatic nitrogens is 1. The van der Waals surface area contributed by atoms with Gasteiger partial charge in [-0.15, -0.1) is 0 Å². The Morgan fingerprint density at radius 3 is 2.58 bits per heavy atom. The van der Waals surface area contributed by atoms with Gasteiger partial charge in [-0.2, -0.15) is 0 Å². The smallest absolute Gasteiger partial charge is 0.306 e. The molecule has 24 heavy (non-hydrogen) atoms. The molecule has 0 aliphatic carbocycles. The molecule has 1 aromatic heterocycles. The Morgan fingerprint density at radius 1 is 1.04 bits per heavy atom. The molecule has 0 atom stereocenters. The molecular weight excluding hydrogens is 308 g/mol. The van der Waals surface area contributed by atoms with E-state index in [1.54, 1.807) is 12.1 Å². The van der Waals surface area contributed by atoms with Gasteiger partial charge in [0, 0.05) is 12.1 Å². The van der Waals surface area contributed by atoms with Gasteiger partial charge in [-0.25, -0.2) is 4.98 Å². The van der Waals surface area contributed by atoms with Crippen molar-refractivity contribution >= 4 is 28.7 Å². The number of ether oxygens (including phenoxy) is 1. The van der Waals surface area contributed by atoms with Crippen LogP contribution in [-0.2, 0) is 20.7 Å². The summed E-state index contributed by atoms with van der Waals surface area (Å²) in [6.07, 6.45) is 0.430. The number of para-hydroxylation sites is 3. The van der Waals surface area contributed by atoms with Crippen molar-refractivity contribution in [3.8, 4) is 0 Å².